The number of hydrogen-bond donors (Lipinski definition) is 1. The van der Waals surface area contributed by atoms with Crippen LogP contribution in [0.4, 0.5) is 18.9 Å². The molecule has 0 spiro atoms. The predicted molar refractivity (Wildman–Crippen MR) is 118 cm³/mol. The zero-order valence-corrected chi connectivity index (χ0v) is 18.8. The standard InChI is InChI=1S/C23H22ClF3N4O3/c24-12-20(32)31(19-9-8-18(11-16(19)13-28)34-23(25,26)27)21(15-5-4-10-29-14-15)22(33)30-17-6-2-1-3-7-17/h4-5,8-11,14,17,21H,1-3,6-7,12H2,(H,30,33)/t21-/m1/s1. The third kappa shape index (κ3) is 6.38. The van der Waals surface area contributed by atoms with Gasteiger partial charge in [-0.3, -0.25) is 19.5 Å². The molecule has 2 amide bonds. The monoisotopic (exact) mass is 494 g/mol. The number of nitrogens with one attached hydrogen (secondary N) is 1. The molecule has 7 nitrogen and oxygen atoms in total. The van der Waals surface area contributed by atoms with E-state index in [4.69, 9.17) is 11.6 Å². The van der Waals surface area contributed by atoms with E-state index in [2.05, 4.69) is 15.0 Å². The Balaban J connectivity index is 2.06. The molecule has 0 bridgehead atoms. The van der Waals surface area contributed by atoms with Crippen LogP contribution in [0.1, 0.15) is 49.3 Å². The van der Waals surface area contributed by atoms with E-state index in [1.54, 1.807) is 18.2 Å². The highest BCUT2D eigenvalue weighted by molar-refractivity contribution is 6.30. The lowest BCUT2D eigenvalue weighted by molar-refractivity contribution is -0.274. The highest BCUT2D eigenvalue weighted by Crippen LogP contribution is 2.34. The number of carbonyl (C=O) groups is 2. The van der Waals surface area contributed by atoms with Crippen LogP contribution in [-0.2, 0) is 9.59 Å². The number of anilines is 1. The number of hydrogen-bond acceptors (Lipinski definition) is 5. The fourth-order valence-electron chi connectivity index (χ4n) is 3.98. The topological polar surface area (TPSA) is 95.3 Å². The quantitative estimate of drug-likeness (QED) is 0.567. The van der Waals surface area contributed by atoms with E-state index in [0.29, 0.717) is 5.56 Å². The number of amides is 2. The molecule has 1 aliphatic carbocycles. The van der Waals surface area contributed by atoms with Crippen molar-refractivity contribution in [1.82, 2.24) is 10.3 Å². The number of rotatable bonds is 7. The summed E-state index contributed by atoms with van der Waals surface area (Å²) in [6.07, 6.45) is 2.54. The lowest BCUT2D eigenvalue weighted by Crippen LogP contribution is -2.48. The molecule has 1 heterocycles. The number of alkyl halides is 4. The van der Waals surface area contributed by atoms with E-state index >= 15 is 0 Å². The number of nitriles is 1. The Morgan fingerprint density at radius 1 is 1.26 bits per heavy atom. The second-order valence-electron chi connectivity index (χ2n) is 7.77. The van der Waals surface area contributed by atoms with Crippen LogP contribution >= 0.6 is 11.6 Å². The fraction of sp³-hybridized carbons (Fsp3) is 0.391. The third-order valence-electron chi connectivity index (χ3n) is 5.42. The first-order chi connectivity index (χ1) is 16.2. The minimum Gasteiger partial charge on any atom is -0.406 e. The van der Waals surface area contributed by atoms with Crippen molar-refractivity contribution in [3.8, 4) is 11.8 Å². The number of ether oxygens (including phenoxy) is 1. The Kier molecular flexibility index (Phi) is 8.34. The molecule has 0 aliphatic heterocycles. The van der Waals surface area contributed by atoms with Crippen molar-refractivity contribution < 1.29 is 27.5 Å². The lowest BCUT2D eigenvalue weighted by atomic mass is 9.94. The molecular formula is C23H22ClF3N4O3. The van der Waals surface area contributed by atoms with Crippen LogP contribution in [0, 0.1) is 11.3 Å². The predicted octanol–water partition coefficient (Wildman–Crippen LogP) is 4.61. The number of pyridine rings is 1. The van der Waals surface area contributed by atoms with E-state index in [1.165, 1.54) is 12.4 Å². The zero-order valence-electron chi connectivity index (χ0n) is 18.0. The minimum atomic E-state index is -4.96. The molecule has 1 N–H and O–H groups in total. The van der Waals surface area contributed by atoms with E-state index in [1.807, 2.05) is 0 Å². The second-order valence-corrected chi connectivity index (χ2v) is 8.04. The van der Waals surface area contributed by atoms with E-state index in [9.17, 15) is 28.0 Å². The van der Waals surface area contributed by atoms with Crippen molar-refractivity contribution in [1.29, 1.82) is 5.26 Å². The molecule has 1 aliphatic rings. The van der Waals surface area contributed by atoms with Crippen LogP contribution in [0.15, 0.2) is 42.7 Å². The summed E-state index contributed by atoms with van der Waals surface area (Å²) in [6.45, 7) is 0. The van der Waals surface area contributed by atoms with Crippen molar-refractivity contribution in [2.24, 2.45) is 0 Å². The van der Waals surface area contributed by atoms with Gasteiger partial charge in [0.25, 0.3) is 0 Å². The summed E-state index contributed by atoms with van der Waals surface area (Å²) >= 11 is 5.84. The molecule has 180 valence electrons. The Labute approximate surface area is 199 Å². The van der Waals surface area contributed by atoms with Crippen LogP contribution in [0.5, 0.6) is 5.75 Å². The number of benzene rings is 1. The van der Waals surface area contributed by atoms with Gasteiger partial charge in [0.2, 0.25) is 11.8 Å². The van der Waals surface area contributed by atoms with Gasteiger partial charge in [-0.25, -0.2) is 0 Å². The maximum Gasteiger partial charge on any atom is 0.573 e. The minimum absolute atomic E-state index is 0.0738. The molecule has 0 saturated heterocycles. The molecular weight excluding hydrogens is 473 g/mol. The summed E-state index contributed by atoms with van der Waals surface area (Å²) in [5.74, 6) is -2.37. The van der Waals surface area contributed by atoms with Crippen molar-refractivity contribution >= 4 is 29.1 Å². The summed E-state index contributed by atoms with van der Waals surface area (Å²) in [7, 11) is 0. The van der Waals surface area contributed by atoms with Crippen LogP contribution in [0.2, 0.25) is 0 Å². The smallest absolute Gasteiger partial charge is 0.406 e. The summed E-state index contributed by atoms with van der Waals surface area (Å²) in [5, 5.41) is 12.6. The van der Waals surface area contributed by atoms with Crippen LogP contribution in [-0.4, -0.2) is 35.1 Å². The largest absolute Gasteiger partial charge is 0.573 e. The first kappa shape index (κ1) is 25.3. The van der Waals surface area contributed by atoms with Gasteiger partial charge in [-0.1, -0.05) is 25.3 Å². The summed E-state index contributed by atoms with van der Waals surface area (Å²) in [6, 6.07) is 6.59. The highest BCUT2D eigenvalue weighted by Gasteiger charge is 2.36. The Morgan fingerprint density at radius 2 is 2.00 bits per heavy atom. The average molecular weight is 495 g/mol. The highest BCUT2D eigenvalue weighted by atomic mass is 35.5. The second kappa shape index (κ2) is 11.2. The first-order valence-electron chi connectivity index (χ1n) is 10.6. The molecule has 1 aromatic heterocycles. The van der Waals surface area contributed by atoms with Gasteiger partial charge < -0.3 is 10.1 Å². The molecule has 1 saturated carbocycles. The molecule has 0 unspecified atom stereocenters. The molecule has 1 atom stereocenters. The Hall–Kier alpha value is -3.32. The summed E-state index contributed by atoms with van der Waals surface area (Å²) in [5.41, 5.74) is -0.0105. The van der Waals surface area contributed by atoms with E-state index in [-0.39, 0.29) is 17.3 Å². The fourth-order valence-corrected chi connectivity index (χ4v) is 4.10. The van der Waals surface area contributed by atoms with Gasteiger partial charge in [-0.2, -0.15) is 5.26 Å². The van der Waals surface area contributed by atoms with Gasteiger partial charge in [-0.15, -0.1) is 24.8 Å². The van der Waals surface area contributed by atoms with Gasteiger partial charge in [0.15, 0.2) is 0 Å². The van der Waals surface area contributed by atoms with Gasteiger partial charge in [0.1, 0.15) is 23.7 Å². The van der Waals surface area contributed by atoms with Crippen molar-refractivity contribution in [2.45, 2.75) is 50.6 Å². The number of carbonyl (C=O) groups excluding carboxylic acids is 2. The first-order valence-corrected chi connectivity index (χ1v) is 11.1. The molecule has 11 heteroatoms. The molecule has 1 fully saturated rings. The average Bonchev–Trinajstić information content (AvgIpc) is 2.82. The third-order valence-corrected chi connectivity index (χ3v) is 5.65. The van der Waals surface area contributed by atoms with Crippen molar-refractivity contribution in [3.63, 3.8) is 0 Å². The Bertz CT molecular complexity index is 1050. The summed E-state index contributed by atoms with van der Waals surface area (Å²) in [4.78, 5) is 31.5. The van der Waals surface area contributed by atoms with Gasteiger partial charge in [0.05, 0.1) is 11.3 Å². The number of aromatic nitrogens is 1. The van der Waals surface area contributed by atoms with E-state index < -0.39 is 35.8 Å². The van der Waals surface area contributed by atoms with E-state index in [0.717, 1.165) is 55.2 Å². The number of nitrogens with zero attached hydrogens (tertiary/aromatic N) is 3. The van der Waals surface area contributed by atoms with Crippen LogP contribution < -0.4 is 15.0 Å². The van der Waals surface area contributed by atoms with Crippen LogP contribution in [0.3, 0.4) is 0 Å². The number of halogens is 4. The van der Waals surface area contributed by atoms with Crippen molar-refractivity contribution in [3.05, 3.63) is 53.9 Å². The Morgan fingerprint density at radius 3 is 2.59 bits per heavy atom. The normalized spacial score (nSPS) is 15.1. The molecule has 34 heavy (non-hydrogen) atoms. The van der Waals surface area contributed by atoms with Gasteiger partial charge in [0, 0.05) is 30.1 Å². The molecule has 3 rings (SSSR count). The van der Waals surface area contributed by atoms with Crippen LogP contribution in [0.25, 0.3) is 0 Å². The lowest BCUT2D eigenvalue weighted by Gasteiger charge is -2.33. The zero-order chi connectivity index (χ0) is 24.7. The maximum absolute atomic E-state index is 13.5. The van der Waals surface area contributed by atoms with Gasteiger partial charge in [-0.05, 0) is 31.0 Å². The SMILES string of the molecule is N#Cc1cc(OC(F)(F)F)ccc1N(C(=O)CCl)[C@@H](C(=O)NC1CCCCC1)c1cccnc1. The van der Waals surface area contributed by atoms with Gasteiger partial charge >= 0.3 is 6.36 Å². The summed E-state index contributed by atoms with van der Waals surface area (Å²) < 4.78 is 41.8. The molecule has 2 aromatic rings. The molecule has 0 radical (unpaired) electrons. The molecule has 1 aromatic carbocycles. The maximum atomic E-state index is 13.5. The van der Waals surface area contributed by atoms with Crippen molar-refractivity contribution in [2.75, 3.05) is 10.8 Å².